The predicted molar refractivity (Wildman–Crippen MR) is 142 cm³/mol. The van der Waals surface area contributed by atoms with Crippen LogP contribution in [-0.2, 0) is 29.6 Å². The molecule has 0 unspecified atom stereocenters. The first-order chi connectivity index (χ1) is 17.6. The Kier molecular flexibility index (Phi) is 8.20. The molecule has 0 aromatic heterocycles. The number of carbonyl (C=O) groups is 1. The molecule has 9 nitrogen and oxygen atoms in total. The number of ether oxygens (including phenoxy) is 1. The van der Waals surface area contributed by atoms with Crippen LogP contribution in [0.15, 0.2) is 82.6 Å². The van der Waals surface area contributed by atoms with E-state index < -0.39 is 32.5 Å². The summed E-state index contributed by atoms with van der Waals surface area (Å²) in [5.74, 6) is -0.692. The van der Waals surface area contributed by atoms with Crippen molar-refractivity contribution in [2.24, 2.45) is 0 Å². The topological polar surface area (TPSA) is 113 Å². The number of anilines is 2. The number of rotatable bonds is 8. The summed E-state index contributed by atoms with van der Waals surface area (Å²) in [6.45, 7) is 2.31. The molecule has 3 aromatic carbocycles. The van der Waals surface area contributed by atoms with Gasteiger partial charge in [0.05, 0.1) is 39.4 Å². The molecule has 1 heterocycles. The maximum atomic E-state index is 13.5. The van der Waals surface area contributed by atoms with E-state index in [9.17, 15) is 21.6 Å². The third kappa shape index (κ3) is 6.13. The van der Waals surface area contributed by atoms with Gasteiger partial charge in [-0.05, 0) is 49.4 Å². The number of morpholine rings is 1. The molecule has 0 radical (unpaired) electrons. The lowest BCUT2D eigenvalue weighted by Gasteiger charge is -2.26. The zero-order valence-electron chi connectivity index (χ0n) is 20.0. The minimum Gasteiger partial charge on any atom is -0.379 e. The van der Waals surface area contributed by atoms with Crippen molar-refractivity contribution in [3.63, 3.8) is 0 Å². The van der Waals surface area contributed by atoms with Crippen molar-refractivity contribution in [2.75, 3.05) is 42.5 Å². The summed E-state index contributed by atoms with van der Waals surface area (Å²) in [7, 11) is -7.92. The number of nitrogens with one attached hydrogen (secondary N) is 1. The molecule has 1 amide bonds. The van der Waals surface area contributed by atoms with Gasteiger partial charge in [0, 0.05) is 13.1 Å². The maximum Gasteiger partial charge on any atom is 0.264 e. The van der Waals surface area contributed by atoms with Crippen molar-refractivity contribution < 1.29 is 26.4 Å². The van der Waals surface area contributed by atoms with Crippen molar-refractivity contribution >= 4 is 48.9 Å². The monoisotopic (exact) mass is 563 g/mol. The molecule has 1 N–H and O–H groups in total. The highest BCUT2D eigenvalue weighted by molar-refractivity contribution is 7.92. The molecule has 1 saturated heterocycles. The summed E-state index contributed by atoms with van der Waals surface area (Å²) in [5, 5.41) is 2.69. The van der Waals surface area contributed by atoms with Crippen LogP contribution in [0.4, 0.5) is 11.4 Å². The lowest BCUT2D eigenvalue weighted by atomic mass is 10.2. The van der Waals surface area contributed by atoms with Gasteiger partial charge >= 0.3 is 0 Å². The van der Waals surface area contributed by atoms with Crippen LogP contribution < -0.4 is 9.62 Å². The van der Waals surface area contributed by atoms with Crippen molar-refractivity contribution in [2.45, 2.75) is 16.7 Å². The number of aryl methyl sites for hydroxylation is 1. The Hall–Kier alpha value is -2.96. The molecule has 1 aliphatic rings. The summed E-state index contributed by atoms with van der Waals surface area (Å²) in [4.78, 5) is 13.1. The number of sulfonamides is 2. The summed E-state index contributed by atoms with van der Waals surface area (Å²) in [5.41, 5.74) is 1.25. The fourth-order valence-electron chi connectivity index (χ4n) is 3.76. The van der Waals surface area contributed by atoms with Crippen LogP contribution in [-0.4, -0.2) is 59.9 Å². The number of hydrogen-bond acceptors (Lipinski definition) is 6. The first-order valence-corrected chi connectivity index (χ1v) is 14.7. The Morgan fingerprint density at radius 3 is 2.22 bits per heavy atom. The van der Waals surface area contributed by atoms with E-state index in [4.69, 9.17) is 16.3 Å². The lowest BCUT2D eigenvalue weighted by Crippen LogP contribution is -2.40. The van der Waals surface area contributed by atoms with Gasteiger partial charge in [-0.1, -0.05) is 47.5 Å². The molecule has 12 heteroatoms. The standard InChI is InChI=1S/C25H26ClN3O6S2/c1-19-7-9-21(10-8-19)37(33,34)29(20-5-3-2-4-6-20)18-25(30)27-24-17-22(11-12-23(24)26)36(31,32)28-13-15-35-16-14-28/h2-12,17H,13-16,18H2,1H3,(H,27,30). The second-order valence-corrected chi connectivity index (χ2v) is 12.6. The third-order valence-electron chi connectivity index (χ3n) is 5.76. The summed E-state index contributed by atoms with van der Waals surface area (Å²) >= 11 is 6.26. The Balaban J connectivity index is 1.61. The highest BCUT2D eigenvalue weighted by Gasteiger charge is 2.29. The van der Waals surface area contributed by atoms with Gasteiger partial charge in [-0.15, -0.1) is 0 Å². The summed E-state index contributed by atoms with van der Waals surface area (Å²) in [6, 6.07) is 18.6. The largest absolute Gasteiger partial charge is 0.379 e. The predicted octanol–water partition coefficient (Wildman–Crippen LogP) is 3.50. The highest BCUT2D eigenvalue weighted by Crippen LogP contribution is 2.28. The van der Waals surface area contributed by atoms with Crippen molar-refractivity contribution in [1.82, 2.24) is 4.31 Å². The highest BCUT2D eigenvalue weighted by atomic mass is 35.5. The molecular formula is C25H26ClN3O6S2. The third-order valence-corrected chi connectivity index (χ3v) is 9.77. The van der Waals surface area contributed by atoms with Crippen LogP contribution in [0.3, 0.4) is 0 Å². The zero-order valence-corrected chi connectivity index (χ0v) is 22.4. The number of hydrogen-bond donors (Lipinski definition) is 1. The van der Waals surface area contributed by atoms with Gasteiger partial charge in [0.25, 0.3) is 10.0 Å². The number of para-hydroxylation sites is 1. The van der Waals surface area contributed by atoms with Gasteiger partial charge in [0.15, 0.2) is 0 Å². The van der Waals surface area contributed by atoms with Crippen LogP contribution in [0.5, 0.6) is 0 Å². The molecule has 4 rings (SSSR count). The number of amides is 1. The molecule has 1 aliphatic heterocycles. The molecule has 0 atom stereocenters. The van der Waals surface area contributed by atoms with E-state index in [1.165, 1.54) is 34.6 Å². The second kappa shape index (κ2) is 11.2. The van der Waals surface area contributed by atoms with Crippen LogP contribution in [0.1, 0.15) is 5.56 Å². The summed E-state index contributed by atoms with van der Waals surface area (Å²) < 4.78 is 60.6. The number of carbonyl (C=O) groups excluding carboxylic acids is 1. The lowest BCUT2D eigenvalue weighted by molar-refractivity contribution is -0.114. The Labute approximate surface area is 221 Å². The average molecular weight is 564 g/mol. The minimum absolute atomic E-state index is 0.0337. The number of benzene rings is 3. The summed E-state index contributed by atoms with van der Waals surface area (Å²) in [6.07, 6.45) is 0. The van der Waals surface area contributed by atoms with Crippen molar-refractivity contribution in [3.8, 4) is 0 Å². The fourth-order valence-corrected chi connectivity index (χ4v) is 6.78. The van der Waals surface area contributed by atoms with E-state index in [-0.39, 0.29) is 33.6 Å². The van der Waals surface area contributed by atoms with Crippen LogP contribution in [0.25, 0.3) is 0 Å². The Bertz CT molecular complexity index is 1470. The van der Waals surface area contributed by atoms with Gasteiger partial charge in [-0.2, -0.15) is 4.31 Å². The molecule has 196 valence electrons. The molecule has 0 bridgehead atoms. The van der Waals surface area contributed by atoms with E-state index in [1.807, 2.05) is 6.92 Å². The van der Waals surface area contributed by atoms with Crippen molar-refractivity contribution in [1.29, 1.82) is 0 Å². The zero-order chi connectivity index (χ0) is 26.6. The van der Waals surface area contributed by atoms with Gasteiger partial charge in [-0.25, -0.2) is 16.8 Å². The molecular weight excluding hydrogens is 538 g/mol. The SMILES string of the molecule is Cc1ccc(S(=O)(=O)N(CC(=O)Nc2cc(S(=O)(=O)N3CCOCC3)ccc2Cl)c2ccccc2)cc1. The smallest absolute Gasteiger partial charge is 0.264 e. The molecule has 1 fully saturated rings. The minimum atomic E-state index is -4.09. The maximum absolute atomic E-state index is 13.5. The van der Waals surface area contributed by atoms with E-state index in [1.54, 1.807) is 42.5 Å². The first-order valence-electron chi connectivity index (χ1n) is 11.4. The Morgan fingerprint density at radius 1 is 0.946 bits per heavy atom. The first kappa shape index (κ1) is 27.1. The fraction of sp³-hybridized carbons (Fsp3) is 0.240. The second-order valence-electron chi connectivity index (χ2n) is 8.37. The van der Waals surface area contributed by atoms with Gasteiger partial charge in [-0.3, -0.25) is 9.10 Å². The molecule has 0 saturated carbocycles. The van der Waals surface area contributed by atoms with E-state index >= 15 is 0 Å². The van der Waals surface area contributed by atoms with Crippen molar-refractivity contribution in [3.05, 3.63) is 83.4 Å². The molecule has 0 spiro atoms. The van der Waals surface area contributed by atoms with E-state index in [0.29, 0.717) is 18.9 Å². The Morgan fingerprint density at radius 2 is 1.57 bits per heavy atom. The number of halogens is 1. The molecule has 37 heavy (non-hydrogen) atoms. The molecule has 3 aromatic rings. The van der Waals surface area contributed by atoms with E-state index in [2.05, 4.69) is 5.32 Å². The quantitative estimate of drug-likeness (QED) is 0.449. The average Bonchev–Trinajstić information content (AvgIpc) is 2.89. The van der Waals surface area contributed by atoms with Crippen LogP contribution >= 0.6 is 11.6 Å². The molecule has 0 aliphatic carbocycles. The van der Waals surface area contributed by atoms with E-state index in [0.717, 1.165) is 9.87 Å². The normalized spacial score (nSPS) is 14.8. The van der Waals surface area contributed by atoms with Crippen LogP contribution in [0.2, 0.25) is 5.02 Å². The van der Waals surface area contributed by atoms with Gasteiger partial charge < -0.3 is 10.1 Å². The van der Waals surface area contributed by atoms with Gasteiger partial charge in [0.1, 0.15) is 6.54 Å². The van der Waals surface area contributed by atoms with Gasteiger partial charge in [0.2, 0.25) is 15.9 Å². The number of nitrogens with zero attached hydrogens (tertiary/aromatic N) is 2. The van der Waals surface area contributed by atoms with Crippen LogP contribution in [0, 0.1) is 6.92 Å².